The zero-order chi connectivity index (χ0) is 25.6. The van der Waals surface area contributed by atoms with Crippen molar-refractivity contribution in [2.45, 2.75) is 43.0 Å². The van der Waals surface area contributed by atoms with Crippen molar-refractivity contribution in [2.24, 2.45) is 17.8 Å². The van der Waals surface area contributed by atoms with Crippen molar-refractivity contribution in [2.75, 3.05) is 26.3 Å². The Hall–Kier alpha value is -2.92. The number of ether oxygens (including phenoxy) is 1. The topological polar surface area (TPSA) is 118 Å². The number of carbonyl (C=O) groups excluding carboxylic acids is 3. The molecule has 192 valence electrons. The Labute approximate surface area is 213 Å². The number of nitrogens with zero attached hydrogens (tertiary/aromatic N) is 5. The second kappa shape index (κ2) is 9.51. The number of para-hydroxylation sites is 1. The first-order valence-corrected chi connectivity index (χ1v) is 13.2. The van der Waals surface area contributed by atoms with Crippen LogP contribution in [-0.2, 0) is 25.8 Å². The smallest absolute Gasteiger partial charge is 0.310 e. The van der Waals surface area contributed by atoms with E-state index in [1.54, 1.807) is 34.3 Å². The number of hydrogen-bond donors (Lipinski definition) is 1. The number of fused-ring (bicyclic) bond motifs is 2. The molecule has 10 nitrogen and oxygen atoms in total. The van der Waals surface area contributed by atoms with Gasteiger partial charge in [-0.3, -0.25) is 14.4 Å². The largest absolute Gasteiger partial charge is 0.466 e. The highest BCUT2D eigenvalue weighted by atomic mass is 32.2. The third kappa shape index (κ3) is 3.54. The van der Waals surface area contributed by atoms with Crippen LogP contribution in [0.5, 0.6) is 0 Å². The van der Waals surface area contributed by atoms with Gasteiger partial charge in [-0.05, 0) is 31.4 Å². The molecule has 1 aromatic heterocycles. The number of thioether (sulfide) groups is 1. The van der Waals surface area contributed by atoms with E-state index in [1.165, 1.54) is 4.90 Å². The molecule has 0 aliphatic carbocycles. The van der Waals surface area contributed by atoms with E-state index in [4.69, 9.17) is 4.74 Å². The Kier molecular flexibility index (Phi) is 6.54. The second-order valence-corrected chi connectivity index (χ2v) is 11.2. The van der Waals surface area contributed by atoms with E-state index >= 15 is 0 Å². The fourth-order valence-corrected chi connectivity index (χ4v) is 8.79. The number of amides is 2. The summed E-state index contributed by atoms with van der Waals surface area (Å²) in [5.74, 6) is -2.10. The van der Waals surface area contributed by atoms with E-state index in [2.05, 4.69) is 23.8 Å². The minimum atomic E-state index is -0.818. The monoisotopic (exact) mass is 513 g/mol. The molecule has 3 aliphatic heterocycles. The van der Waals surface area contributed by atoms with Crippen LogP contribution in [0.3, 0.4) is 0 Å². The molecule has 1 N–H and O–H groups in total. The first-order valence-electron chi connectivity index (χ1n) is 12.3. The van der Waals surface area contributed by atoms with E-state index in [1.807, 2.05) is 24.3 Å². The molecular formula is C25H31N5O5S. The Balaban J connectivity index is 1.53. The molecule has 2 aromatic rings. The first-order chi connectivity index (χ1) is 17.4. The number of benzene rings is 1. The van der Waals surface area contributed by atoms with E-state index in [0.717, 1.165) is 17.5 Å². The van der Waals surface area contributed by atoms with Crippen molar-refractivity contribution in [3.8, 4) is 0 Å². The molecule has 1 aromatic carbocycles. The van der Waals surface area contributed by atoms with Gasteiger partial charge in [0.2, 0.25) is 11.8 Å². The maximum Gasteiger partial charge on any atom is 0.310 e. The molecule has 3 saturated heterocycles. The number of hydrogen-bond acceptors (Lipinski definition) is 8. The second-order valence-electron chi connectivity index (χ2n) is 9.63. The van der Waals surface area contributed by atoms with Crippen LogP contribution in [0.2, 0.25) is 0 Å². The molecule has 4 heterocycles. The van der Waals surface area contributed by atoms with Gasteiger partial charge >= 0.3 is 5.97 Å². The minimum Gasteiger partial charge on any atom is -0.466 e. The number of rotatable bonds is 9. The van der Waals surface area contributed by atoms with Crippen molar-refractivity contribution in [3.05, 3.63) is 36.9 Å². The zero-order valence-corrected chi connectivity index (χ0v) is 21.3. The molecule has 3 aliphatic rings. The highest BCUT2D eigenvalue weighted by molar-refractivity contribution is 8.02. The van der Waals surface area contributed by atoms with Gasteiger partial charge in [0.25, 0.3) is 0 Å². The molecule has 0 saturated carbocycles. The van der Waals surface area contributed by atoms with Crippen LogP contribution < -0.4 is 0 Å². The molecule has 5 rings (SSSR count). The van der Waals surface area contributed by atoms with Gasteiger partial charge in [0.05, 0.1) is 35.3 Å². The Morgan fingerprint density at radius 1 is 1.39 bits per heavy atom. The molecule has 0 radical (unpaired) electrons. The van der Waals surface area contributed by atoms with Crippen LogP contribution in [0.4, 0.5) is 0 Å². The molecule has 6 atom stereocenters. The lowest BCUT2D eigenvalue weighted by molar-refractivity contribution is -0.154. The number of β-amino-alcohol motifs (C(OH)–C–C–N with tert-alkyl or cyclic N) is 1. The lowest BCUT2D eigenvalue weighted by Gasteiger charge is -2.40. The molecule has 1 spiro atoms. The molecule has 3 unspecified atom stereocenters. The van der Waals surface area contributed by atoms with Gasteiger partial charge in [-0.15, -0.1) is 23.4 Å². The van der Waals surface area contributed by atoms with Gasteiger partial charge in [0.1, 0.15) is 18.2 Å². The maximum absolute atomic E-state index is 14.3. The lowest BCUT2D eigenvalue weighted by Crippen LogP contribution is -2.57. The molecular weight excluding hydrogens is 482 g/mol. The number of carbonyl (C=O) groups is 3. The highest BCUT2D eigenvalue weighted by Gasteiger charge is 2.76. The van der Waals surface area contributed by atoms with Crippen molar-refractivity contribution in [1.29, 1.82) is 0 Å². The summed E-state index contributed by atoms with van der Waals surface area (Å²) in [7, 11) is 0. The zero-order valence-electron chi connectivity index (χ0n) is 20.4. The predicted molar refractivity (Wildman–Crippen MR) is 134 cm³/mol. The van der Waals surface area contributed by atoms with E-state index in [-0.39, 0.29) is 61.9 Å². The number of aromatic nitrogens is 3. The van der Waals surface area contributed by atoms with Crippen LogP contribution in [-0.4, -0.2) is 90.0 Å². The quantitative estimate of drug-likeness (QED) is 0.394. The van der Waals surface area contributed by atoms with Gasteiger partial charge < -0.3 is 19.6 Å². The molecule has 3 fully saturated rings. The van der Waals surface area contributed by atoms with E-state index in [0.29, 0.717) is 0 Å². The average Bonchev–Trinajstić information content (AvgIpc) is 3.57. The predicted octanol–water partition coefficient (Wildman–Crippen LogP) is 1.30. The molecule has 2 bridgehead atoms. The summed E-state index contributed by atoms with van der Waals surface area (Å²) in [6.07, 6.45) is 2.37. The van der Waals surface area contributed by atoms with Crippen LogP contribution in [0, 0.1) is 17.8 Å². The summed E-state index contributed by atoms with van der Waals surface area (Å²) in [5.41, 5.74) is 1.51. The third-order valence-corrected chi connectivity index (χ3v) is 9.84. The summed E-state index contributed by atoms with van der Waals surface area (Å²) in [6, 6.07) is 6.68. The van der Waals surface area contributed by atoms with Gasteiger partial charge in [0, 0.05) is 18.3 Å². The van der Waals surface area contributed by atoms with Gasteiger partial charge in [-0.1, -0.05) is 30.3 Å². The Bertz CT molecular complexity index is 1200. The van der Waals surface area contributed by atoms with Crippen molar-refractivity contribution in [3.63, 3.8) is 0 Å². The Morgan fingerprint density at radius 2 is 2.17 bits per heavy atom. The van der Waals surface area contributed by atoms with Gasteiger partial charge in [0.15, 0.2) is 0 Å². The summed E-state index contributed by atoms with van der Waals surface area (Å²) in [4.78, 5) is 44.2. The number of esters is 1. The van der Waals surface area contributed by atoms with Crippen molar-refractivity contribution < 1.29 is 24.2 Å². The summed E-state index contributed by atoms with van der Waals surface area (Å²) in [5, 5.41) is 18.2. The number of aliphatic hydroxyl groups excluding tert-OH is 1. The lowest BCUT2D eigenvalue weighted by atomic mass is 9.66. The fraction of sp³-hybridized carbons (Fsp3) is 0.560. The average molecular weight is 514 g/mol. The van der Waals surface area contributed by atoms with Crippen molar-refractivity contribution in [1.82, 2.24) is 24.8 Å². The van der Waals surface area contributed by atoms with Gasteiger partial charge in [-0.2, -0.15) is 0 Å². The maximum atomic E-state index is 14.3. The molecule has 11 heteroatoms. The molecule has 2 amide bonds. The van der Waals surface area contributed by atoms with Crippen LogP contribution in [0.25, 0.3) is 11.0 Å². The third-order valence-electron chi connectivity index (χ3n) is 7.77. The van der Waals surface area contributed by atoms with E-state index < -0.39 is 22.6 Å². The van der Waals surface area contributed by atoms with Crippen LogP contribution in [0.1, 0.15) is 20.3 Å². The van der Waals surface area contributed by atoms with Crippen LogP contribution in [0.15, 0.2) is 36.9 Å². The minimum absolute atomic E-state index is 0.0230. The van der Waals surface area contributed by atoms with Crippen LogP contribution >= 0.6 is 11.8 Å². The number of aliphatic hydroxyl groups is 1. The summed E-state index contributed by atoms with van der Waals surface area (Å²) < 4.78 is 6.24. The standard InChI is InChI=1S/C25H31N5O5S/c1-4-10-28(14-30-17-9-7-6-8-16(17)26-27-30)23(33)21-25-15(3)13-18(36-25)19(24(34)35-5-2)20(25)22(32)29(21)11-12-31/h4,6-9,15,18-21,31H,1,5,10-14H2,2-3H3/t15?,18-,19+,20-,21?,25?/m0/s1. The van der Waals surface area contributed by atoms with Crippen molar-refractivity contribution >= 4 is 40.6 Å². The normalized spacial score (nSPS) is 30.6. The first kappa shape index (κ1) is 24.8. The number of likely N-dealkylation sites (tertiary alicyclic amines) is 1. The Morgan fingerprint density at radius 3 is 2.89 bits per heavy atom. The van der Waals surface area contributed by atoms with E-state index in [9.17, 15) is 19.5 Å². The molecule has 36 heavy (non-hydrogen) atoms. The SMILES string of the molecule is C=CCN(Cn1nnc2ccccc21)C(=O)C1N(CCO)C(=O)[C@@H]2[C@H](C(=O)OCC)[C@@H]3CC(C)C12S3. The fourth-order valence-electron chi connectivity index (χ4n) is 6.38. The van der Waals surface area contributed by atoms with Gasteiger partial charge in [-0.25, -0.2) is 4.68 Å². The summed E-state index contributed by atoms with van der Waals surface area (Å²) in [6.45, 7) is 7.99. The summed E-state index contributed by atoms with van der Waals surface area (Å²) >= 11 is 1.58. The highest BCUT2D eigenvalue weighted by Crippen LogP contribution is 2.68.